The highest BCUT2D eigenvalue weighted by Gasteiger charge is 2.18. The van der Waals surface area contributed by atoms with Gasteiger partial charge in [0.1, 0.15) is 5.75 Å². The molecule has 0 aliphatic heterocycles. The number of amides is 1. The van der Waals surface area contributed by atoms with Gasteiger partial charge in [0.05, 0.1) is 12.4 Å². The zero-order valence-electron chi connectivity index (χ0n) is 16.4. The minimum atomic E-state index is -0.355. The highest BCUT2D eigenvalue weighted by atomic mass is 32.2. The third-order valence-corrected chi connectivity index (χ3v) is 5.37. The van der Waals surface area contributed by atoms with E-state index < -0.39 is 0 Å². The molecule has 0 saturated carbocycles. The van der Waals surface area contributed by atoms with E-state index in [0.717, 1.165) is 22.4 Å². The van der Waals surface area contributed by atoms with Crippen LogP contribution in [0.4, 0.5) is 0 Å². The van der Waals surface area contributed by atoms with Crippen molar-refractivity contribution in [1.29, 1.82) is 0 Å². The number of nitrogens with zero attached hydrogens (tertiary/aromatic N) is 2. The van der Waals surface area contributed by atoms with Gasteiger partial charge in [-0.25, -0.2) is 0 Å². The van der Waals surface area contributed by atoms with Gasteiger partial charge in [-0.3, -0.25) is 4.79 Å². The second-order valence-electron chi connectivity index (χ2n) is 6.50. The summed E-state index contributed by atoms with van der Waals surface area (Å²) < 4.78 is 10.9. The Balaban J connectivity index is 1.56. The molecule has 0 spiro atoms. The minimum absolute atomic E-state index is 0.0910. The van der Waals surface area contributed by atoms with Crippen molar-refractivity contribution in [1.82, 2.24) is 15.5 Å². The molecule has 6 nitrogen and oxygen atoms in total. The number of carbonyl (C=O) groups excluding carboxylic acids is 1. The Morgan fingerprint density at radius 3 is 2.57 bits per heavy atom. The van der Waals surface area contributed by atoms with Crippen LogP contribution in [0, 0.1) is 13.8 Å². The number of benzene rings is 2. The highest BCUT2D eigenvalue weighted by molar-refractivity contribution is 8.00. The number of hydrogen-bond acceptors (Lipinski definition) is 6. The molecule has 3 rings (SSSR count). The molecule has 146 valence electrons. The van der Waals surface area contributed by atoms with E-state index in [0.29, 0.717) is 17.7 Å². The minimum Gasteiger partial charge on any atom is -0.497 e. The van der Waals surface area contributed by atoms with Gasteiger partial charge in [-0.1, -0.05) is 30.0 Å². The predicted octanol–water partition coefficient (Wildman–Crippen LogP) is 4.16. The average Bonchev–Trinajstić information content (AvgIpc) is 3.17. The van der Waals surface area contributed by atoms with Gasteiger partial charge >= 0.3 is 0 Å². The van der Waals surface area contributed by atoms with Crippen LogP contribution in [0.15, 0.2) is 52.1 Å². The molecule has 3 aromatic rings. The van der Waals surface area contributed by atoms with E-state index in [1.165, 1.54) is 17.3 Å². The maximum absolute atomic E-state index is 12.4. The van der Waals surface area contributed by atoms with Crippen LogP contribution in [0.5, 0.6) is 5.75 Å². The molecule has 0 radical (unpaired) electrons. The summed E-state index contributed by atoms with van der Waals surface area (Å²) in [4.78, 5) is 12.4. The maximum atomic E-state index is 12.4. The second kappa shape index (κ2) is 8.93. The van der Waals surface area contributed by atoms with Crippen molar-refractivity contribution in [3.63, 3.8) is 0 Å². The van der Waals surface area contributed by atoms with E-state index in [2.05, 4.69) is 22.4 Å². The molecule has 0 aliphatic rings. The van der Waals surface area contributed by atoms with Gasteiger partial charge in [-0.2, -0.15) is 0 Å². The van der Waals surface area contributed by atoms with E-state index in [4.69, 9.17) is 9.15 Å². The molecule has 1 N–H and O–H groups in total. The third-order valence-electron chi connectivity index (χ3n) is 4.43. The van der Waals surface area contributed by atoms with Crippen LogP contribution in [0.3, 0.4) is 0 Å². The summed E-state index contributed by atoms with van der Waals surface area (Å²) in [6, 6.07) is 13.6. The molecule has 0 aliphatic carbocycles. The number of methoxy groups -OCH3 is 1. The van der Waals surface area contributed by atoms with Crippen LogP contribution in [-0.4, -0.2) is 28.5 Å². The second-order valence-corrected chi connectivity index (χ2v) is 7.79. The lowest BCUT2D eigenvalue weighted by molar-refractivity contribution is -0.120. The summed E-state index contributed by atoms with van der Waals surface area (Å²) in [5.74, 6) is 1.15. The summed E-state index contributed by atoms with van der Waals surface area (Å²) in [6.45, 7) is 6.36. The normalized spacial score (nSPS) is 11.9. The zero-order chi connectivity index (χ0) is 20.1. The van der Waals surface area contributed by atoms with Gasteiger partial charge in [0.15, 0.2) is 0 Å². The Morgan fingerprint density at radius 2 is 1.89 bits per heavy atom. The number of aryl methyl sites for hydroxylation is 2. The summed E-state index contributed by atoms with van der Waals surface area (Å²) in [5.41, 5.74) is 4.25. The van der Waals surface area contributed by atoms with Crippen molar-refractivity contribution in [3.05, 3.63) is 59.2 Å². The molecular weight excluding hydrogens is 374 g/mol. The first kappa shape index (κ1) is 19.9. The standard InChI is InChI=1S/C21H23N3O3S/c1-13-5-8-17(11-14(13)2)20-23-24-21(27-20)28-15(3)19(25)22-12-16-6-9-18(26-4)10-7-16/h5-11,15H,12H2,1-4H3,(H,22,25)/t15-/m0/s1. The molecule has 7 heteroatoms. The fraction of sp³-hybridized carbons (Fsp3) is 0.286. The van der Waals surface area contributed by atoms with Gasteiger partial charge < -0.3 is 14.5 Å². The zero-order valence-corrected chi connectivity index (χ0v) is 17.2. The molecule has 1 aromatic heterocycles. The SMILES string of the molecule is COc1ccc(CNC(=O)[C@H](C)Sc2nnc(-c3ccc(C)c(C)c3)o2)cc1. The molecule has 2 aromatic carbocycles. The lowest BCUT2D eigenvalue weighted by atomic mass is 10.1. The number of nitrogens with one attached hydrogen (secondary N) is 1. The van der Waals surface area contributed by atoms with E-state index in [1.54, 1.807) is 7.11 Å². The molecular formula is C21H23N3O3S. The van der Waals surface area contributed by atoms with Gasteiger partial charge in [0, 0.05) is 12.1 Å². The fourth-order valence-corrected chi connectivity index (χ4v) is 3.24. The molecule has 0 saturated heterocycles. The fourth-order valence-electron chi connectivity index (χ4n) is 2.53. The molecule has 28 heavy (non-hydrogen) atoms. The average molecular weight is 398 g/mol. The molecule has 1 amide bonds. The number of rotatable bonds is 7. The Hall–Kier alpha value is -2.80. The van der Waals surface area contributed by atoms with Crippen molar-refractivity contribution in [2.24, 2.45) is 0 Å². The first-order valence-corrected chi connectivity index (χ1v) is 9.82. The van der Waals surface area contributed by atoms with Gasteiger partial charge in [-0.05, 0) is 61.7 Å². The van der Waals surface area contributed by atoms with Gasteiger partial charge in [0.25, 0.3) is 5.22 Å². The number of aromatic nitrogens is 2. The van der Waals surface area contributed by atoms with Crippen LogP contribution in [0.1, 0.15) is 23.6 Å². The smallest absolute Gasteiger partial charge is 0.277 e. The van der Waals surface area contributed by atoms with E-state index in [1.807, 2.05) is 56.3 Å². The first-order valence-electron chi connectivity index (χ1n) is 8.94. The number of thioether (sulfide) groups is 1. The Bertz CT molecular complexity index is 954. The summed E-state index contributed by atoms with van der Waals surface area (Å²) in [5, 5.41) is 11.1. The van der Waals surface area contributed by atoms with E-state index in [-0.39, 0.29) is 11.2 Å². The molecule has 0 fully saturated rings. The Morgan fingerprint density at radius 1 is 1.14 bits per heavy atom. The van der Waals surface area contributed by atoms with E-state index in [9.17, 15) is 4.79 Å². The molecule has 1 atom stereocenters. The maximum Gasteiger partial charge on any atom is 0.277 e. The van der Waals surface area contributed by atoms with Gasteiger partial charge in [-0.15, -0.1) is 10.2 Å². The Labute approximate surface area is 168 Å². The van der Waals surface area contributed by atoms with E-state index >= 15 is 0 Å². The predicted molar refractivity (Wildman–Crippen MR) is 109 cm³/mol. The van der Waals surface area contributed by atoms with Crippen LogP contribution in [0.2, 0.25) is 0 Å². The Kier molecular flexibility index (Phi) is 6.36. The van der Waals surface area contributed by atoms with Crippen molar-refractivity contribution in [2.75, 3.05) is 7.11 Å². The summed E-state index contributed by atoms with van der Waals surface area (Å²) in [6.07, 6.45) is 0. The van der Waals surface area contributed by atoms with Crippen LogP contribution >= 0.6 is 11.8 Å². The summed E-state index contributed by atoms with van der Waals surface area (Å²) >= 11 is 1.24. The third kappa shape index (κ3) is 4.92. The first-order chi connectivity index (χ1) is 13.5. The van der Waals surface area contributed by atoms with Crippen LogP contribution in [-0.2, 0) is 11.3 Å². The quantitative estimate of drug-likeness (QED) is 0.603. The van der Waals surface area contributed by atoms with Gasteiger partial charge in [0.2, 0.25) is 11.8 Å². The van der Waals surface area contributed by atoms with Crippen LogP contribution < -0.4 is 10.1 Å². The van der Waals surface area contributed by atoms with Crippen molar-refractivity contribution in [3.8, 4) is 17.2 Å². The highest BCUT2D eigenvalue weighted by Crippen LogP contribution is 2.27. The van der Waals surface area contributed by atoms with Crippen molar-refractivity contribution >= 4 is 17.7 Å². The monoisotopic (exact) mass is 397 g/mol. The number of carbonyl (C=O) groups is 1. The lowest BCUT2D eigenvalue weighted by Crippen LogP contribution is -2.30. The topological polar surface area (TPSA) is 77.2 Å². The van der Waals surface area contributed by atoms with Crippen LogP contribution in [0.25, 0.3) is 11.5 Å². The summed E-state index contributed by atoms with van der Waals surface area (Å²) in [7, 11) is 1.62. The number of hydrogen-bond donors (Lipinski definition) is 1. The van der Waals surface area contributed by atoms with Crippen molar-refractivity contribution < 1.29 is 13.9 Å². The number of ether oxygens (including phenoxy) is 1. The molecule has 0 unspecified atom stereocenters. The molecule has 0 bridgehead atoms. The van der Waals surface area contributed by atoms with Crippen molar-refractivity contribution in [2.45, 2.75) is 37.8 Å². The largest absolute Gasteiger partial charge is 0.497 e. The molecule has 1 heterocycles. The lowest BCUT2D eigenvalue weighted by Gasteiger charge is -2.10.